The minimum Gasteiger partial charge on any atom is -0.497 e. The minimum atomic E-state index is -1.05. The summed E-state index contributed by atoms with van der Waals surface area (Å²) in [4.78, 5) is 25.3. The summed E-state index contributed by atoms with van der Waals surface area (Å²) in [6.07, 6.45) is -1.40. The van der Waals surface area contributed by atoms with Gasteiger partial charge in [0, 0.05) is 0 Å². The third-order valence-electron chi connectivity index (χ3n) is 5.11. The van der Waals surface area contributed by atoms with Crippen molar-refractivity contribution in [1.29, 1.82) is 0 Å². The first-order chi connectivity index (χ1) is 16.5. The van der Waals surface area contributed by atoms with Crippen LogP contribution >= 0.6 is 0 Å². The zero-order valence-corrected chi connectivity index (χ0v) is 19.3. The van der Waals surface area contributed by atoms with E-state index < -0.39 is 24.2 Å². The van der Waals surface area contributed by atoms with Gasteiger partial charge in [0.15, 0.2) is 6.04 Å². The Kier molecular flexibility index (Phi) is 9.49. The molecule has 0 aliphatic carbocycles. The molecule has 0 aliphatic rings. The van der Waals surface area contributed by atoms with Gasteiger partial charge in [-0.05, 0) is 35.7 Å². The van der Waals surface area contributed by atoms with E-state index in [-0.39, 0.29) is 19.8 Å². The van der Waals surface area contributed by atoms with E-state index in [2.05, 4.69) is 5.32 Å². The van der Waals surface area contributed by atoms with Crippen LogP contribution in [0.25, 0.3) is 0 Å². The lowest BCUT2D eigenvalue weighted by Gasteiger charge is -2.24. The zero-order valence-electron chi connectivity index (χ0n) is 19.3. The average molecular weight is 464 g/mol. The van der Waals surface area contributed by atoms with E-state index in [1.54, 1.807) is 14.0 Å². The predicted octanol–water partition coefficient (Wildman–Crippen LogP) is 4.64. The Bertz CT molecular complexity index is 1020. The van der Waals surface area contributed by atoms with Crippen LogP contribution in [0.5, 0.6) is 5.75 Å². The molecule has 178 valence electrons. The van der Waals surface area contributed by atoms with Crippen LogP contribution in [0.15, 0.2) is 84.9 Å². The van der Waals surface area contributed by atoms with Crippen LogP contribution in [0.3, 0.4) is 0 Å². The molecule has 0 unspecified atom stereocenters. The van der Waals surface area contributed by atoms with E-state index in [4.69, 9.17) is 18.9 Å². The molecule has 2 atom stereocenters. The summed E-state index contributed by atoms with van der Waals surface area (Å²) in [6.45, 7) is 2.12. The number of nitrogens with one attached hydrogen (secondary N) is 1. The first-order valence-corrected chi connectivity index (χ1v) is 11.0. The maximum absolute atomic E-state index is 12.9. The lowest BCUT2D eigenvalue weighted by molar-refractivity contribution is -0.151. The molecular formula is C27H29NO6. The summed E-state index contributed by atoms with van der Waals surface area (Å²) < 4.78 is 21.8. The van der Waals surface area contributed by atoms with Crippen LogP contribution in [-0.4, -0.2) is 31.3 Å². The number of esters is 1. The van der Waals surface area contributed by atoms with Crippen molar-refractivity contribution >= 4 is 12.1 Å². The number of ether oxygens (including phenoxy) is 4. The second-order valence-corrected chi connectivity index (χ2v) is 7.64. The highest BCUT2D eigenvalue weighted by molar-refractivity contribution is 5.82. The number of rotatable bonds is 11. The molecule has 3 aromatic rings. The van der Waals surface area contributed by atoms with Gasteiger partial charge in [-0.2, -0.15) is 0 Å². The van der Waals surface area contributed by atoms with Gasteiger partial charge in [-0.15, -0.1) is 0 Å². The number of benzene rings is 3. The largest absolute Gasteiger partial charge is 0.497 e. The molecule has 0 aromatic heterocycles. The summed E-state index contributed by atoms with van der Waals surface area (Å²) in [5, 5.41) is 2.60. The van der Waals surface area contributed by atoms with Crippen molar-refractivity contribution in [3.63, 3.8) is 0 Å². The van der Waals surface area contributed by atoms with Gasteiger partial charge in [-0.1, -0.05) is 72.8 Å². The van der Waals surface area contributed by atoms with E-state index in [0.717, 1.165) is 22.4 Å². The fourth-order valence-electron chi connectivity index (χ4n) is 3.12. The van der Waals surface area contributed by atoms with E-state index >= 15 is 0 Å². The molecule has 0 spiro atoms. The van der Waals surface area contributed by atoms with Crippen molar-refractivity contribution in [2.24, 2.45) is 0 Å². The summed E-state index contributed by atoms with van der Waals surface area (Å²) in [7, 11) is 1.60. The maximum atomic E-state index is 12.9. The number of carbonyl (C=O) groups is 2. The maximum Gasteiger partial charge on any atom is 0.408 e. The molecule has 1 N–H and O–H groups in total. The van der Waals surface area contributed by atoms with Crippen LogP contribution in [-0.2, 0) is 38.8 Å². The van der Waals surface area contributed by atoms with Gasteiger partial charge < -0.3 is 24.3 Å². The van der Waals surface area contributed by atoms with Gasteiger partial charge in [0.25, 0.3) is 0 Å². The van der Waals surface area contributed by atoms with Crippen molar-refractivity contribution in [3.05, 3.63) is 102 Å². The van der Waals surface area contributed by atoms with Crippen molar-refractivity contribution in [3.8, 4) is 5.75 Å². The SMILES string of the molecule is COc1ccc(CO[C@H](C)[C@H](NC(=O)OCc2ccccc2)C(=O)OCc2ccccc2)cc1. The highest BCUT2D eigenvalue weighted by atomic mass is 16.6. The number of alkyl carbamates (subject to hydrolysis) is 1. The normalized spacial score (nSPS) is 12.3. The van der Waals surface area contributed by atoms with E-state index in [1.807, 2.05) is 84.9 Å². The molecule has 3 rings (SSSR count). The fourth-order valence-corrected chi connectivity index (χ4v) is 3.12. The third kappa shape index (κ3) is 7.94. The molecule has 0 heterocycles. The quantitative estimate of drug-likeness (QED) is 0.417. The third-order valence-corrected chi connectivity index (χ3v) is 5.11. The highest BCUT2D eigenvalue weighted by Crippen LogP contribution is 2.14. The Balaban J connectivity index is 1.61. The summed E-state index contributed by atoms with van der Waals surface area (Å²) >= 11 is 0. The number of methoxy groups -OCH3 is 1. The van der Waals surface area contributed by atoms with Gasteiger partial charge in [0.05, 0.1) is 19.8 Å². The van der Waals surface area contributed by atoms with Crippen molar-refractivity contribution in [2.45, 2.75) is 38.9 Å². The molecule has 0 radical (unpaired) electrons. The number of hydrogen-bond donors (Lipinski definition) is 1. The molecule has 34 heavy (non-hydrogen) atoms. The monoisotopic (exact) mass is 463 g/mol. The lowest BCUT2D eigenvalue weighted by Crippen LogP contribution is -2.49. The molecule has 7 nitrogen and oxygen atoms in total. The van der Waals surface area contributed by atoms with E-state index in [1.165, 1.54) is 0 Å². The second kappa shape index (κ2) is 13.0. The van der Waals surface area contributed by atoms with Crippen LogP contribution in [0, 0.1) is 0 Å². The number of carbonyl (C=O) groups excluding carboxylic acids is 2. The fraction of sp³-hybridized carbons (Fsp3) is 0.259. The van der Waals surface area contributed by atoms with Gasteiger partial charge in [-0.3, -0.25) is 0 Å². The minimum absolute atomic E-state index is 0.0829. The number of hydrogen-bond acceptors (Lipinski definition) is 6. The first kappa shape index (κ1) is 24.8. The number of amides is 1. The van der Waals surface area contributed by atoms with Crippen molar-refractivity contribution in [2.75, 3.05) is 7.11 Å². The molecule has 7 heteroatoms. The molecule has 0 saturated carbocycles. The Labute approximate surface area is 199 Å². The Morgan fingerprint density at radius 2 is 1.26 bits per heavy atom. The molecule has 1 amide bonds. The molecular weight excluding hydrogens is 434 g/mol. The van der Waals surface area contributed by atoms with Crippen LogP contribution in [0.2, 0.25) is 0 Å². The van der Waals surface area contributed by atoms with Crippen LogP contribution in [0.1, 0.15) is 23.6 Å². The van der Waals surface area contributed by atoms with Crippen LogP contribution < -0.4 is 10.1 Å². The standard InChI is InChI=1S/C27H29NO6/c1-20(32-17-23-13-15-24(31-2)16-14-23)25(26(29)33-18-21-9-5-3-6-10-21)28-27(30)34-19-22-11-7-4-8-12-22/h3-16,20,25H,17-19H2,1-2H3,(H,28,30)/t20-,25+/m1/s1. The van der Waals surface area contributed by atoms with Gasteiger partial charge >= 0.3 is 12.1 Å². The average Bonchev–Trinajstić information content (AvgIpc) is 2.89. The Hall–Kier alpha value is -3.84. The van der Waals surface area contributed by atoms with E-state index in [0.29, 0.717) is 0 Å². The molecule has 0 aliphatic heterocycles. The topological polar surface area (TPSA) is 83.1 Å². The summed E-state index contributed by atoms with van der Waals surface area (Å²) in [6, 6.07) is 24.9. The smallest absolute Gasteiger partial charge is 0.408 e. The second-order valence-electron chi connectivity index (χ2n) is 7.64. The van der Waals surface area contributed by atoms with Gasteiger partial charge in [0.2, 0.25) is 0 Å². The lowest BCUT2D eigenvalue weighted by atomic mass is 10.1. The summed E-state index contributed by atoms with van der Waals surface area (Å²) in [5.74, 6) is 0.129. The van der Waals surface area contributed by atoms with E-state index in [9.17, 15) is 9.59 Å². The molecule has 0 bridgehead atoms. The Morgan fingerprint density at radius 3 is 1.82 bits per heavy atom. The molecule has 0 saturated heterocycles. The summed E-state index contributed by atoms with van der Waals surface area (Å²) in [5.41, 5.74) is 2.58. The predicted molar refractivity (Wildman–Crippen MR) is 127 cm³/mol. The molecule has 3 aromatic carbocycles. The molecule has 0 fully saturated rings. The van der Waals surface area contributed by atoms with Crippen molar-refractivity contribution < 1.29 is 28.5 Å². The Morgan fingerprint density at radius 1 is 0.735 bits per heavy atom. The highest BCUT2D eigenvalue weighted by Gasteiger charge is 2.30. The zero-order chi connectivity index (χ0) is 24.2. The van der Waals surface area contributed by atoms with Gasteiger partial charge in [0.1, 0.15) is 19.0 Å². The van der Waals surface area contributed by atoms with Gasteiger partial charge in [-0.25, -0.2) is 9.59 Å². The van der Waals surface area contributed by atoms with Crippen LogP contribution in [0.4, 0.5) is 4.79 Å². The van der Waals surface area contributed by atoms with Crippen molar-refractivity contribution in [1.82, 2.24) is 5.32 Å². The first-order valence-electron chi connectivity index (χ1n) is 11.0.